The summed E-state index contributed by atoms with van der Waals surface area (Å²) in [5.41, 5.74) is 2.62. The molecule has 6 nitrogen and oxygen atoms in total. The zero-order valence-corrected chi connectivity index (χ0v) is 15.8. The van der Waals surface area contributed by atoms with Crippen LogP contribution in [0, 0.1) is 5.92 Å². The highest BCUT2D eigenvalue weighted by molar-refractivity contribution is 6.36. The van der Waals surface area contributed by atoms with E-state index in [0.717, 1.165) is 56.2 Å². The fourth-order valence-corrected chi connectivity index (χ4v) is 4.76. The Morgan fingerprint density at radius 2 is 2.15 bits per heavy atom. The minimum atomic E-state index is 0.167. The fraction of sp³-hybridized carbons (Fsp3) is 0.556. The van der Waals surface area contributed by atoms with Gasteiger partial charge in [-0.25, -0.2) is 4.68 Å². The first-order valence-corrected chi connectivity index (χ1v) is 9.76. The number of rotatable bonds is 3. The van der Waals surface area contributed by atoms with Crippen molar-refractivity contribution in [3.8, 4) is 11.3 Å². The Hall–Kier alpha value is -1.18. The molecule has 2 fully saturated rings. The molecular weight excluding hydrogens is 375 g/mol. The summed E-state index contributed by atoms with van der Waals surface area (Å²) in [6, 6.07) is 5.65. The normalized spacial score (nSPS) is 28.3. The van der Waals surface area contributed by atoms with Crippen molar-refractivity contribution in [3.63, 3.8) is 0 Å². The van der Waals surface area contributed by atoms with Crippen LogP contribution < -0.4 is 0 Å². The van der Waals surface area contributed by atoms with E-state index in [9.17, 15) is 0 Å². The van der Waals surface area contributed by atoms with E-state index in [0.29, 0.717) is 22.6 Å². The standard InChI is InChI=1S/C18H20Cl2N4O2/c19-12-1-2-13(14(20)5-12)18-16-10-26-17-8-23(6-11-3-4-25-9-11)7-15(17)24(16)22-21-18/h1-2,5,11,15,17H,3-4,6-10H2/t11-,15+,17+/m1/s1. The van der Waals surface area contributed by atoms with Gasteiger partial charge in [-0.05, 0) is 30.5 Å². The van der Waals surface area contributed by atoms with Gasteiger partial charge in [0.05, 0.1) is 36.1 Å². The molecular formula is C18H20Cl2N4O2. The summed E-state index contributed by atoms with van der Waals surface area (Å²) in [6.07, 6.45) is 1.32. The average molecular weight is 395 g/mol. The Labute approximate surface area is 162 Å². The molecule has 0 saturated carbocycles. The highest BCUT2D eigenvalue weighted by Crippen LogP contribution is 2.37. The van der Waals surface area contributed by atoms with E-state index in [-0.39, 0.29) is 12.1 Å². The predicted octanol–water partition coefficient (Wildman–Crippen LogP) is 3.04. The lowest BCUT2D eigenvalue weighted by Crippen LogP contribution is -2.32. The third-order valence-electron chi connectivity index (χ3n) is 5.58. The van der Waals surface area contributed by atoms with Crippen molar-refractivity contribution in [2.45, 2.75) is 25.2 Å². The molecule has 26 heavy (non-hydrogen) atoms. The van der Waals surface area contributed by atoms with E-state index >= 15 is 0 Å². The summed E-state index contributed by atoms with van der Waals surface area (Å²) in [5, 5.41) is 10.1. The van der Waals surface area contributed by atoms with Gasteiger partial charge < -0.3 is 9.47 Å². The summed E-state index contributed by atoms with van der Waals surface area (Å²) >= 11 is 12.4. The van der Waals surface area contributed by atoms with Crippen LogP contribution in [-0.2, 0) is 16.1 Å². The molecule has 3 aliphatic heterocycles. The topological polar surface area (TPSA) is 52.4 Å². The molecule has 2 saturated heterocycles. The Morgan fingerprint density at radius 3 is 2.96 bits per heavy atom. The third kappa shape index (κ3) is 2.94. The molecule has 1 aromatic carbocycles. The van der Waals surface area contributed by atoms with Crippen LogP contribution in [0.15, 0.2) is 18.2 Å². The smallest absolute Gasteiger partial charge is 0.120 e. The van der Waals surface area contributed by atoms with Crippen molar-refractivity contribution < 1.29 is 9.47 Å². The minimum Gasteiger partial charge on any atom is -0.381 e. The van der Waals surface area contributed by atoms with Gasteiger partial charge >= 0.3 is 0 Å². The highest BCUT2D eigenvalue weighted by atomic mass is 35.5. The Kier molecular flexibility index (Phi) is 4.41. The second-order valence-corrected chi connectivity index (χ2v) is 8.16. The Balaban J connectivity index is 1.40. The fourth-order valence-electron chi connectivity index (χ4n) is 4.26. The maximum atomic E-state index is 6.37. The molecule has 5 rings (SSSR count). The zero-order valence-electron chi connectivity index (χ0n) is 14.3. The van der Waals surface area contributed by atoms with Crippen molar-refractivity contribution in [2.75, 3.05) is 32.8 Å². The Bertz CT molecular complexity index is 822. The summed E-state index contributed by atoms with van der Waals surface area (Å²) in [4.78, 5) is 2.47. The van der Waals surface area contributed by atoms with Gasteiger partial charge in [-0.1, -0.05) is 28.4 Å². The maximum absolute atomic E-state index is 6.37. The van der Waals surface area contributed by atoms with E-state index in [1.807, 2.05) is 16.8 Å². The number of fused-ring (bicyclic) bond motifs is 3. The number of aromatic nitrogens is 3. The lowest BCUT2D eigenvalue weighted by atomic mass is 10.1. The predicted molar refractivity (Wildman–Crippen MR) is 98.5 cm³/mol. The number of halogens is 2. The van der Waals surface area contributed by atoms with Gasteiger partial charge in [0.1, 0.15) is 5.69 Å². The molecule has 0 amide bonds. The van der Waals surface area contributed by atoms with Gasteiger partial charge in [-0.3, -0.25) is 4.90 Å². The molecule has 0 N–H and O–H groups in total. The van der Waals surface area contributed by atoms with Crippen LogP contribution in [0.5, 0.6) is 0 Å². The minimum absolute atomic E-state index is 0.167. The molecule has 0 bridgehead atoms. The average Bonchev–Trinajstić information content (AvgIpc) is 3.33. The van der Waals surface area contributed by atoms with Crippen LogP contribution in [0.3, 0.4) is 0 Å². The number of hydrogen-bond acceptors (Lipinski definition) is 5. The number of ether oxygens (including phenoxy) is 2. The van der Waals surface area contributed by atoms with E-state index in [1.165, 1.54) is 0 Å². The second-order valence-electron chi connectivity index (χ2n) is 7.32. The molecule has 2 aromatic rings. The van der Waals surface area contributed by atoms with Crippen LogP contribution in [-0.4, -0.2) is 58.8 Å². The molecule has 0 radical (unpaired) electrons. The van der Waals surface area contributed by atoms with Crippen LogP contribution in [0.1, 0.15) is 18.2 Å². The first kappa shape index (κ1) is 17.0. The molecule has 4 heterocycles. The quantitative estimate of drug-likeness (QED) is 0.800. The molecule has 0 unspecified atom stereocenters. The highest BCUT2D eigenvalue weighted by Gasteiger charge is 2.41. The molecule has 138 valence electrons. The third-order valence-corrected chi connectivity index (χ3v) is 6.13. The van der Waals surface area contributed by atoms with Crippen molar-refractivity contribution in [3.05, 3.63) is 33.9 Å². The van der Waals surface area contributed by atoms with E-state index in [4.69, 9.17) is 32.7 Å². The summed E-state index contributed by atoms with van der Waals surface area (Å²) < 4.78 is 13.7. The first-order valence-electron chi connectivity index (χ1n) is 9.00. The van der Waals surface area contributed by atoms with Crippen molar-refractivity contribution in [1.82, 2.24) is 19.9 Å². The molecule has 3 atom stereocenters. The number of benzene rings is 1. The number of hydrogen-bond donors (Lipinski definition) is 0. The molecule has 3 aliphatic rings. The van der Waals surface area contributed by atoms with Crippen molar-refractivity contribution in [2.24, 2.45) is 5.92 Å². The monoisotopic (exact) mass is 394 g/mol. The van der Waals surface area contributed by atoms with Gasteiger partial charge in [0, 0.05) is 36.8 Å². The lowest BCUT2D eigenvalue weighted by Gasteiger charge is -2.26. The maximum Gasteiger partial charge on any atom is 0.120 e. The largest absolute Gasteiger partial charge is 0.381 e. The van der Waals surface area contributed by atoms with Crippen molar-refractivity contribution in [1.29, 1.82) is 0 Å². The van der Waals surface area contributed by atoms with E-state index in [1.54, 1.807) is 6.07 Å². The molecule has 0 spiro atoms. The van der Waals surface area contributed by atoms with Crippen LogP contribution in [0.2, 0.25) is 10.0 Å². The van der Waals surface area contributed by atoms with Crippen LogP contribution in [0.4, 0.5) is 0 Å². The van der Waals surface area contributed by atoms with Gasteiger partial charge in [-0.15, -0.1) is 5.10 Å². The first-order chi connectivity index (χ1) is 12.7. The number of nitrogens with zero attached hydrogens (tertiary/aromatic N) is 4. The Morgan fingerprint density at radius 1 is 1.23 bits per heavy atom. The van der Waals surface area contributed by atoms with E-state index in [2.05, 4.69) is 15.2 Å². The van der Waals surface area contributed by atoms with E-state index < -0.39 is 0 Å². The van der Waals surface area contributed by atoms with Gasteiger partial charge in [0.2, 0.25) is 0 Å². The number of likely N-dealkylation sites (tertiary alicyclic amines) is 1. The molecule has 1 aromatic heterocycles. The summed E-state index contributed by atoms with van der Waals surface area (Å²) in [6.45, 7) is 5.21. The SMILES string of the molecule is Clc1ccc(-c2nnn3c2CO[C@H]2CN(C[C@H]4CCOC4)C[C@@H]23)c(Cl)c1. The zero-order chi connectivity index (χ0) is 17.7. The van der Waals surface area contributed by atoms with Crippen LogP contribution >= 0.6 is 23.2 Å². The van der Waals surface area contributed by atoms with Gasteiger partial charge in [0.25, 0.3) is 0 Å². The van der Waals surface area contributed by atoms with Crippen molar-refractivity contribution >= 4 is 23.2 Å². The lowest BCUT2D eigenvalue weighted by molar-refractivity contribution is -0.00507. The van der Waals surface area contributed by atoms with Gasteiger partial charge in [0.15, 0.2) is 0 Å². The van der Waals surface area contributed by atoms with Crippen LogP contribution in [0.25, 0.3) is 11.3 Å². The summed E-state index contributed by atoms with van der Waals surface area (Å²) in [5.74, 6) is 0.633. The van der Waals surface area contributed by atoms with Gasteiger partial charge in [-0.2, -0.15) is 0 Å². The molecule has 8 heteroatoms. The summed E-state index contributed by atoms with van der Waals surface area (Å²) in [7, 11) is 0. The second kappa shape index (κ2) is 6.77. The molecule has 0 aliphatic carbocycles.